The van der Waals surface area contributed by atoms with E-state index in [9.17, 15) is 14.7 Å². The number of nitrogens with one attached hydrogen (secondary N) is 1. The molecule has 2 rings (SSSR count). The molecule has 1 saturated heterocycles. The Kier molecular flexibility index (Phi) is 4.22. The maximum absolute atomic E-state index is 12.0. The SMILES string of the molecule is CNC(=O)C1CCCCN1c1cc(C)ncc1C(=O)O. The van der Waals surface area contributed by atoms with Crippen molar-refractivity contribution in [2.75, 3.05) is 18.5 Å². The number of pyridine rings is 1. The molecule has 0 aromatic carbocycles. The zero-order chi connectivity index (χ0) is 14.7. The number of amides is 1. The van der Waals surface area contributed by atoms with E-state index in [0.29, 0.717) is 12.2 Å². The number of nitrogens with zero attached hydrogens (tertiary/aromatic N) is 2. The smallest absolute Gasteiger partial charge is 0.339 e. The summed E-state index contributed by atoms with van der Waals surface area (Å²) in [4.78, 5) is 29.3. The van der Waals surface area contributed by atoms with Crippen molar-refractivity contribution in [1.29, 1.82) is 0 Å². The van der Waals surface area contributed by atoms with E-state index in [-0.39, 0.29) is 17.5 Å². The van der Waals surface area contributed by atoms with Gasteiger partial charge in [0.1, 0.15) is 11.6 Å². The number of carboxylic acid groups (broad SMARTS) is 1. The van der Waals surface area contributed by atoms with Crippen molar-refractivity contribution >= 4 is 17.6 Å². The van der Waals surface area contributed by atoms with Gasteiger partial charge in [0.25, 0.3) is 0 Å². The van der Waals surface area contributed by atoms with Crippen LogP contribution in [0.4, 0.5) is 5.69 Å². The lowest BCUT2D eigenvalue weighted by Crippen LogP contribution is -2.49. The fraction of sp³-hybridized carbons (Fsp3) is 0.500. The average molecular weight is 277 g/mol. The van der Waals surface area contributed by atoms with Gasteiger partial charge in [-0.05, 0) is 32.3 Å². The van der Waals surface area contributed by atoms with E-state index in [0.717, 1.165) is 25.0 Å². The van der Waals surface area contributed by atoms with E-state index in [1.54, 1.807) is 13.1 Å². The highest BCUT2D eigenvalue weighted by Crippen LogP contribution is 2.28. The summed E-state index contributed by atoms with van der Waals surface area (Å²) in [5.74, 6) is -1.09. The Labute approximate surface area is 117 Å². The predicted molar refractivity (Wildman–Crippen MR) is 75.0 cm³/mol. The highest BCUT2D eigenvalue weighted by Gasteiger charge is 2.30. The molecule has 20 heavy (non-hydrogen) atoms. The third-order valence-electron chi connectivity index (χ3n) is 3.61. The number of aryl methyl sites for hydroxylation is 1. The number of rotatable bonds is 3. The van der Waals surface area contributed by atoms with Gasteiger partial charge in [0, 0.05) is 25.5 Å². The highest BCUT2D eigenvalue weighted by atomic mass is 16.4. The minimum atomic E-state index is -1.02. The second-order valence-corrected chi connectivity index (χ2v) is 4.97. The first-order valence-electron chi connectivity index (χ1n) is 6.72. The molecule has 2 heterocycles. The summed E-state index contributed by atoms with van der Waals surface area (Å²) in [5.41, 5.74) is 1.47. The predicted octanol–water partition coefficient (Wildman–Crippen LogP) is 1.19. The summed E-state index contributed by atoms with van der Waals surface area (Å²) in [7, 11) is 1.60. The monoisotopic (exact) mass is 277 g/mol. The number of carbonyl (C=O) groups excluding carboxylic acids is 1. The number of piperidine rings is 1. The number of anilines is 1. The van der Waals surface area contributed by atoms with Crippen LogP contribution in [-0.2, 0) is 4.79 Å². The van der Waals surface area contributed by atoms with E-state index in [2.05, 4.69) is 10.3 Å². The number of hydrogen-bond donors (Lipinski definition) is 2. The van der Waals surface area contributed by atoms with Crippen molar-refractivity contribution in [2.45, 2.75) is 32.2 Å². The van der Waals surface area contributed by atoms with E-state index >= 15 is 0 Å². The summed E-state index contributed by atoms with van der Waals surface area (Å²) in [6.45, 7) is 2.50. The molecule has 6 nitrogen and oxygen atoms in total. The van der Waals surface area contributed by atoms with Gasteiger partial charge < -0.3 is 15.3 Å². The average Bonchev–Trinajstić information content (AvgIpc) is 2.46. The fourth-order valence-electron chi connectivity index (χ4n) is 2.61. The Morgan fingerprint density at radius 2 is 2.20 bits per heavy atom. The van der Waals surface area contributed by atoms with Crippen LogP contribution in [0, 0.1) is 6.92 Å². The number of aromatic carboxylic acids is 1. The van der Waals surface area contributed by atoms with E-state index in [1.807, 2.05) is 11.8 Å². The van der Waals surface area contributed by atoms with Gasteiger partial charge in [-0.3, -0.25) is 9.78 Å². The third-order valence-corrected chi connectivity index (χ3v) is 3.61. The summed E-state index contributed by atoms with van der Waals surface area (Å²) < 4.78 is 0. The quantitative estimate of drug-likeness (QED) is 0.867. The van der Waals surface area contributed by atoms with Crippen LogP contribution < -0.4 is 10.2 Å². The number of likely N-dealkylation sites (N-methyl/N-ethyl adjacent to an activating group) is 1. The van der Waals surface area contributed by atoms with Crippen LogP contribution in [0.2, 0.25) is 0 Å². The first-order valence-corrected chi connectivity index (χ1v) is 6.72. The molecular weight excluding hydrogens is 258 g/mol. The number of hydrogen-bond acceptors (Lipinski definition) is 4. The topological polar surface area (TPSA) is 82.5 Å². The molecule has 0 bridgehead atoms. The molecule has 0 saturated carbocycles. The Morgan fingerprint density at radius 3 is 2.85 bits per heavy atom. The zero-order valence-corrected chi connectivity index (χ0v) is 11.7. The van der Waals surface area contributed by atoms with Crippen molar-refractivity contribution < 1.29 is 14.7 Å². The van der Waals surface area contributed by atoms with Crippen LogP contribution in [0.1, 0.15) is 35.3 Å². The Bertz CT molecular complexity index is 530. The van der Waals surface area contributed by atoms with E-state index in [1.165, 1.54) is 6.20 Å². The molecule has 1 aromatic rings. The number of aromatic nitrogens is 1. The zero-order valence-electron chi connectivity index (χ0n) is 11.7. The van der Waals surface area contributed by atoms with Gasteiger partial charge in [0.15, 0.2) is 0 Å². The van der Waals surface area contributed by atoms with Gasteiger partial charge >= 0.3 is 5.97 Å². The molecule has 0 radical (unpaired) electrons. The summed E-state index contributed by atoms with van der Waals surface area (Å²) in [6, 6.07) is 1.43. The van der Waals surface area contributed by atoms with Gasteiger partial charge in [0.05, 0.1) is 5.69 Å². The molecule has 2 N–H and O–H groups in total. The van der Waals surface area contributed by atoms with Crippen molar-refractivity contribution in [1.82, 2.24) is 10.3 Å². The minimum Gasteiger partial charge on any atom is -0.478 e. The lowest BCUT2D eigenvalue weighted by atomic mass is 9.99. The maximum Gasteiger partial charge on any atom is 0.339 e. The van der Waals surface area contributed by atoms with Crippen LogP contribution in [0.3, 0.4) is 0 Å². The molecule has 6 heteroatoms. The lowest BCUT2D eigenvalue weighted by Gasteiger charge is -2.37. The molecule has 0 aliphatic carbocycles. The van der Waals surface area contributed by atoms with Crippen LogP contribution in [0.15, 0.2) is 12.3 Å². The normalized spacial score (nSPS) is 18.7. The van der Waals surface area contributed by atoms with Crippen molar-refractivity contribution in [3.8, 4) is 0 Å². The fourth-order valence-corrected chi connectivity index (χ4v) is 2.61. The van der Waals surface area contributed by atoms with Gasteiger partial charge in [-0.25, -0.2) is 4.79 Å². The first-order chi connectivity index (χ1) is 9.54. The van der Waals surface area contributed by atoms with Crippen molar-refractivity contribution in [3.05, 3.63) is 23.5 Å². The molecular formula is C14H19N3O3. The Hall–Kier alpha value is -2.11. The largest absolute Gasteiger partial charge is 0.478 e. The standard InChI is InChI=1S/C14H19N3O3/c1-9-7-12(10(8-16-9)14(19)20)17-6-4-3-5-11(17)13(18)15-2/h7-8,11H,3-6H2,1-2H3,(H,15,18)(H,19,20). The van der Waals surface area contributed by atoms with Gasteiger partial charge in [-0.1, -0.05) is 0 Å². The first kappa shape index (κ1) is 14.3. The van der Waals surface area contributed by atoms with Crippen LogP contribution in [0.5, 0.6) is 0 Å². The summed E-state index contributed by atoms with van der Waals surface area (Å²) >= 11 is 0. The maximum atomic E-state index is 12.0. The van der Waals surface area contributed by atoms with Gasteiger partial charge in [-0.15, -0.1) is 0 Å². The van der Waals surface area contributed by atoms with Crippen LogP contribution >= 0.6 is 0 Å². The molecule has 1 unspecified atom stereocenters. The Balaban J connectivity index is 2.44. The molecule has 1 amide bonds. The van der Waals surface area contributed by atoms with Crippen LogP contribution in [0.25, 0.3) is 0 Å². The number of carbonyl (C=O) groups is 2. The highest BCUT2D eigenvalue weighted by molar-refractivity contribution is 5.96. The molecule has 108 valence electrons. The molecule has 1 fully saturated rings. The van der Waals surface area contributed by atoms with Crippen LogP contribution in [-0.4, -0.2) is 41.6 Å². The summed E-state index contributed by atoms with van der Waals surface area (Å²) in [6.07, 6.45) is 4.03. The molecule has 1 aliphatic heterocycles. The molecule has 1 atom stereocenters. The van der Waals surface area contributed by atoms with Gasteiger partial charge in [0.2, 0.25) is 5.91 Å². The second kappa shape index (κ2) is 5.90. The number of carboxylic acids is 1. The second-order valence-electron chi connectivity index (χ2n) is 4.97. The minimum absolute atomic E-state index is 0.0736. The van der Waals surface area contributed by atoms with Crippen molar-refractivity contribution in [2.24, 2.45) is 0 Å². The molecule has 1 aliphatic rings. The van der Waals surface area contributed by atoms with Gasteiger partial charge in [-0.2, -0.15) is 0 Å². The molecule has 0 spiro atoms. The van der Waals surface area contributed by atoms with E-state index in [4.69, 9.17) is 0 Å². The molecule has 1 aromatic heterocycles. The van der Waals surface area contributed by atoms with Crippen molar-refractivity contribution in [3.63, 3.8) is 0 Å². The van der Waals surface area contributed by atoms with E-state index < -0.39 is 5.97 Å². The Morgan fingerprint density at radius 1 is 1.45 bits per heavy atom. The third kappa shape index (κ3) is 2.74. The lowest BCUT2D eigenvalue weighted by molar-refractivity contribution is -0.122. The summed E-state index contributed by atoms with van der Waals surface area (Å²) in [5, 5.41) is 12.0.